The fraction of sp³-hybridized carbons (Fsp3) is 0.444. The van der Waals surface area contributed by atoms with Crippen LogP contribution in [0, 0.1) is 0 Å². The molecular weight excluding hydrogens is 214 g/mol. The molecule has 0 fully saturated rings. The number of carboxylic acid groups (broad SMARTS) is 1. The van der Waals surface area contributed by atoms with Gasteiger partial charge in [0.2, 0.25) is 0 Å². The van der Waals surface area contributed by atoms with Crippen LogP contribution in [0.5, 0.6) is 0 Å². The normalized spacial score (nSPS) is 10.0. The van der Waals surface area contributed by atoms with Gasteiger partial charge in [-0.3, -0.25) is 4.98 Å². The summed E-state index contributed by atoms with van der Waals surface area (Å²) in [6.45, 7) is 0.818. The van der Waals surface area contributed by atoms with Crippen LogP contribution in [-0.4, -0.2) is 46.6 Å². The Morgan fingerprint density at radius 2 is 2.33 bits per heavy atom. The van der Waals surface area contributed by atoms with E-state index in [2.05, 4.69) is 9.97 Å². The molecule has 0 aliphatic heterocycles. The summed E-state index contributed by atoms with van der Waals surface area (Å²) in [5.41, 5.74) is -0.0245. The Morgan fingerprint density at radius 3 is 2.93 bits per heavy atom. The maximum absolute atomic E-state index is 10.7. The Hall–Kier alpha value is -1.30. The first-order chi connectivity index (χ1) is 7.15. The molecule has 0 saturated heterocycles. The maximum atomic E-state index is 10.7. The number of nitrogens with zero attached hydrogens (tertiary/aromatic N) is 3. The van der Waals surface area contributed by atoms with Gasteiger partial charge in [-0.2, -0.15) is 11.8 Å². The van der Waals surface area contributed by atoms with Gasteiger partial charge in [0.1, 0.15) is 5.82 Å². The number of hydrogen-bond donors (Lipinski definition) is 1. The lowest BCUT2D eigenvalue weighted by Crippen LogP contribution is -2.22. The first kappa shape index (κ1) is 11.8. The molecule has 0 unspecified atom stereocenters. The topological polar surface area (TPSA) is 66.3 Å². The molecule has 0 aliphatic rings. The van der Waals surface area contributed by atoms with Crippen LogP contribution in [0.3, 0.4) is 0 Å². The van der Waals surface area contributed by atoms with Gasteiger partial charge < -0.3 is 10.0 Å². The zero-order valence-corrected chi connectivity index (χ0v) is 9.49. The molecule has 0 spiro atoms. The van der Waals surface area contributed by atoms with Crippen molar-refractivity contribution < 1.29 is 9.90 Å². The molecule has 0 aliphatic carbocycles. The number of carbonyl (C=O) groups is 1. The second kappa shape index (κ2) is 5.55. The Kier molecular flexibility index (Phi) is 4.36. The predicted octanol–water partition coefficient (Wildman–Crippen LogP) is 0.974. The smallest absolute Gasteiger partial charge is 0.356 e. The molecule has 1 aromatic rings. The van der Waals surface area contributed by atoms with Gasteiger partial charge in [-0.25, -0.2) is 9.78 Å². The summed E-state index contributed by atoms with van der Waals surface area (Å²) in [6.07, 6.45) is 4.83. The van der Waals surface area contributed by atoms with Crippen LogP contribution < -0.4 is 4.90 Å². The Morgan fingerprint density at radius 1 is 1.60 bits per heavy atom. The highest BCUT2D eigenvalue weighted by Gasteiger charge is 2.08. The number of thioether (sulfide) groups is 1. The first-order valence-corrected chi connectivity index (χ1v) is 5.80. The Bertz CT molecular complexity index is 346. The van der Waals surface area contributed by atoms with E-state index >= 15 is 0 Å². The summed E-state index contributed by atoms with van der Waals surface area (Å²) in [5, 5.41) is 8.74. The van der Waals surface area contributed by atoms with Gasteiger partial charge in [-0.15, -0.1) is 0 Å². The lowest BCUT2D eigenvalue weighted by molar-refractivity contribution is 0.0690. The zero-order chi connectivity index (χ0) is 11.3. The summed E-state index contributed by atoms with van der Waals surface area (Å²) >= 11 is 1.73. The SMILES string of the molecule is CSCCN(C)c1cncc(C(=O)O)n1. The summed E-state index contributed by atoms with van der Waals surface area (Å²) in [7, 11) is 1.87. The standard InChI is InChI=1S/C9H13N3O2S/c1-12(3-4-15-2)8-6-10-5-7(11-8)9(13)14/h5-6H,3-4H2,1-2H3,(H,13,14). The van der Waals surface area contributed by atoms with Crippen LogP contribution in [0.25, 0.3) is 0 Å². The molecule has 0 saturated carbocycles. The fourth-order valence-electron chi connectivity index (χ4n) is 0.985. The van der Waals surface area contributed by atoms with Gasteiger partial charge in [0, 0.05) is 19.3 Å². The Labute approximate surface area is 92.5 Å². The van der Waals surface area contributed by atoms with Crippen molar-refractivity contribution in [3.05, 3.63) is 18.1 Å². The van der Waals surface area contributed by atoms with E-state index < -0.39 is 5.97 Å². The van der Waals surface area contributed by atoms with E-state index in [9.17, 15) is 4.79 Å². The highest BCUT2D eigenvalue weighted by Crippen LogP contribution is 2.08. The number of anilines is 1. The minimum absolute atomic E-state index is 0.0245. The molecule has 5 nitrogen and oxygen atoms in total. The van der Waals surface area contributed by atoms with Gasteiger partial charge in [-0.1, -0.05) is 0 Å². The average Bonchev–Trinajstić information content (AvgIpc) is 2.26. The first-order valence-electron chi connectivity index (χ1n) is 4.40. The molecule has 82 valence electrons. The number of carboxylic acids is 1. The molecular formula is C9H13N3O2S. The van der Waals surface area contributed by atoms with E-state index in [4.69, 9.17) is 5.11 Å². The van der Waals surface area contributed by atoms with E-state index in [1.54, 1.807) is 18.0 Å². The highest BCUT2D eigenvalue weighted by atomic mass is 32.2. The van der Waals surface area contributed by atoms with Gasteiger partial charge in [0.05, 0.1) is 12.4 Å². The number of aromatic nitrogens is 2. The quantitative estimate of drug-likeness (QED) is 0.808. The average molecular weight is 227 g/mol. The van der Waals surface area contributed by atoms with Crippen molar-refractivity contribution in [2.45, 2.75) is 0 Å². The lowest BCUT2D eigenvalue weighted by atomic mass is 10.4. The van der Waals surface area contributed by atoms with Crippen LogP contribution in [0.15, 0.2) is 12.4 Å². The highest BCUT2D eigenvalue weighted by molar-refractivity contribution is 7.98. The van der Waals surface area contributed by atoms with Crippen molar-refractivity contribution in [2.75, 3.05) is 30.5 Å². The zero-order valence-electron chi connectivity index (χ0n) is 8.67. The summed E-state index contributed by atoms with van der Waals surface area (Å²) in [6, 6.07) is 0. The molecule has 1 rings (SSSR count). The molecule has 1 aromatic heterocycles. The van der Waals surface area contributed by atoms with Gasteiger partial charge >= 0.3 is 5.97 Å². The fourth-order valence-corrected chi connectivity index (χ4v) is 1.44. The largest absolute Gasteiger partial charge is 0.476 e. The second-order valence-corrected chi connectivity index (χ2v) is 3.97. The van der Waals surface area contributed by atoms with Crippen molar-refractivity contribution in [1.29, 1.82) is 0 Å². The van der Waals surface area contributed by atoms with Crippen LogP contribution in [0.2, 0.25) is 0 Å². The lowest BCUT2D eigenvalue weighted by Gasteiger charge is -2.16. The van der Waals surface area contributed by atoms with E-state index in [1.807, 2.05) is 18.2 Å². The van der Waals surface area contributed by atoms with Crippen LogP contribution in [-0.2, 0) is 0 Å². The molecule has 1 N–H and O–H groups in total. The molecule has 0 aromatic carbocycles. The van der Waals surface area contributed by atoms with Crippen LogP contribution in [0.4, 0.5) is 5.82 Å². The van der Waals surface area contributed by atoms with Crippen molar-refractivity contribution in [2.24, 2.45) is 0 Å². The van der Waals surface area contributed by atoms with E-state index in [-0.39, 0.29) is 5.69 Å². The molecule has 0 radical (unpaired) electrons. The third-order valence-electron chi connectivity index (χ3n) is 1.86. The van der Waals surface area contributed by atoms with Crippen molar-refractivity contribution in [3.8, 4) is 0 Å². The molecule has 15 heavy (non-hydrogen) atoms. The third-order valence-corrected chi connectivity index (χ3v) is 2.45. The van der Waals surface area contributed by atoms with Gasteiger partial charge in [-0.05, 0) is 6.26 Å². The molecule has 0 bridgehead atoms. The number of hydrogen-bond acceptors (Lipinski definition) is 5. The predicted molar refractivity (Wildman–Crippen MR) is 60.6 cm³/mol. The van der Waals surface area contributed by atoms with Crippen molar-refractivity contribution in [1.82, 2.24) is 9.97 Å². The maximum Gasteiger partial charge on any atom is 0.356 e. The minimum Gasteiger partial charge on any atom is -0.476 e. The molecule has 0 amide bonds. The number of rotatable bonds is 5. The van der Waals surface area contributed by atoms with E-state index in [1.165, 1.54) is 6.20 Å². The second-order valence-electron chi connectivity index (χ2n) is 2.98. The Balaban J connectivity index is 2.76. The third kappa shape index (κ3) is 3.39. The van der Waals surface area contributed by atoms with Gasteiger partial charge in [0.25, 0.3) is 0 Å². The molecule has 6 heteroatoms. The van der Waals surface area contributed by atoms with E-state index in [0.717, 1.165) is 12.3 Å². The van der Waals surface area contributed by atoms with Crippen molar-refractivity contribution >= 4 is 23.5 Å². The number of aromatic carboxylic acids is 1. The van der Waals surface area contributed by atoms with Gasteiger partial charge in [0.15, 0.2) is 5.69 Å². The summed E-state index contributed by atoms with van der Waals surface area (Å²) in [4.78, 5) is 20.4. The van der Waals surface area contributed by atoms with E-state index in [0.29, 0.717) is 5.82 Å². The van der Waals surface area contributed by atoms with Crippen LogP contribution in [0.1, 0.15) is 10.5 Å². The van der Waals surface area contributed by atoms with Crippen molar-refractivity contribution in [3.63, 3.8) is 0 Å². The molecule has 1 heterocycles. The summed E-state index contributed by atoms with van der Waals surface area (Å²) in [5.74, 6) is 0.502. The monoisotopic (exact) mass is 227 g/mol. The summed E-state index contributed by atoms with van der Waals surface area (Å²) < 4.78 is 0. The van der Waals surface area contributed by atoms with Crippen LogP contribution >= 0.6 is 11.8 Å². The molecule has 0 atom stereocenters. The minimum atomic E-state index is -1.05.